The number of likely N-dealkylation sites (N-methyl/N-ethyl adjacent to an activating group) is 1. The molecule has 142 valence electrons. The van der Waals surface area contributed by atoms with Crippen molar-refractivity contribution < 1.29 is 9.59 Å². The highest BCUT2D eigenvalue weighted by Gasteiger charge is 2.37. The first-order chi connectivity index (χ1) is 12.5. The molecule has 1 aliphatic heterocycles. The number of carbonyl (C=O) groups excluding carboxylic acids is 2. The van der Waals surface area contributed by atoms with Gasteiger partial charge in [-0.3, -0.25) is 14.5 Å². The van der Waals surface area contributed by atoms with Crippen LogP contribution in [0.15, 0.2) is 30.0 Å². The molecule has 2 fully saturated rings. The van der Waals surface area contributed by atoms with Crippen molar-refractivity contribution in [1.29, 1.82) is 0 Å². The highest BCUT2D eigenvalue weighted by molar-refractivity contribution is 5.93. The fourth-order valence-electron chi connectivity index (χ4n) is 3.59. The SMILES string of the molecule is CCNC(=O)[C@@H]1C[C@@H](NC(=O)c2cccn2C2CC2)CN1CC=C(C)C. The van der Waals surface area contributed by atoms with Crippen molar-refractivity contribution in [3.8, 4) is 0 Å². The normalized spacial score (nSPS) is 22.9. The molecule has 1 aliphatic carbocycles. The van der Waals surface area contributed by atoms with E-state index in [1.165, 1.54) is 5.57 Å². The van der Waals surface area contributed by atoms with E-state index < -0.39 is 0 Å². The molecule has 6 nitrogen and oxygen atoms in total. The van der Waals surface area contributed by atoms with Crippen LogP contribution in [0.5, 0.6) is 0 Å². The fourth-order valence-corrected chi connectivity index (χ4v) is 3.59. The van der Waals surface area contributed by atoms with Crippen LogP contribution in [0.25, 0.3) is 0 Å². The Balaban J connectivity index is 1.65. The number of hydrogen-bond donors (Lipinski definition) is 2. The molecule has 2 amide bonds. The molecule has 6 heteroatoms. The van der Waals surface area contributed by atoms with Gasteiger partial charge in [0.05, 0.1) is 6.04 Å². The van der Waals surface area contributed by atoms with Crippen molar-refractivity contribution in [3.05, 3.63) is 35.7 Å². The standard InChI is InChI=1S/C20H30N4O2/c1-4-21-19(25)18-12-15(13-23(18)11-9-14(2)3)22-20(26)17-6-5-10-24(17)16-7-8-16/h5-6,9-10,15-16,18H,4,7-8,11-13H2,1-3H3,(H,21,25)(H,22,26)/t15-,18+/m1/s1. The highest BCUT2D eigenvalue weighted by atomic mass is 16.2. The highest BCUT2D eigenvalue weighted by Crippen LogP contribution is 2.36. The Bertz CT molecular complexity index is 686. The van der Waals surface area contributed by atoms with E-state index in [4.69, 9.17) is 0 Å². The summed E-state index contributed by atoms with van der Waals surface area (Å²) in [4.78, 5) is 27.3. The Morgan fingerprint density at radius 3 is 2.73 bits per heavy atom. The Labute approximate surface area is 155 Å². The van der Waals surface area contributed by atoms with Crippen LogP contribution in [0.2, 0.25) is 0 Å². The average molecular weight is 358 g/mol. The van der Waals surface area contributed by atoms with E-state index in [9.17, 15) is 9.59 Å². The lowest BCUT2D eigenvalue weighted by Gasteiger charge is -2.21. The summed E-state index contributed by atoms with van der Waals surface area (Å²) >= 11 is 0. The maximum absolute atomic E-state index is 12.7. The van der Waals surface area contributed by atoms with E-state index in [1.54, 1.807) is 0 Å². The second-order valence-electron chi connectivity index (χ2n) is 7.58. The van der Waals surface area contributed by atoms with Crippen LogP contribution in [0.3, 0.4) is 0 Å². The predicted molar refractivity (Wildman–Crippen MR) is 102 cm³/mol. The van der Waals surface area contributed by atoms with E-state index in [0.29, 0.717) is 25.6 Å². The summed E-state index contributed by atoms with van der Waals surface area (Å²) in [5.74, 6) is 0.0124. The molecule has 0 unspecified atom stereocenters. The van der Waals surface area contributed by atoms with Crippen LogP contribution in [-0.2, 0) is 4.79 Å². The number of amides is 2. The number of carbonyl (C=O) groups is 2. The molecule has 1 aromatic rings. The number of likely N-dealkylation sites (tertiary alicyclic amines) is 1. The maximum Gasteiger partial charge on any atom is 0.268 e. The number of rotatable bonds is 7. The Morgan fingerprint density at radius 2 is 2.08 bits per heavy atom. The van der Waals surface area contributed by atoms with Crippen LogP contribution in [-0.4, -0.2) is 53.0 Å². The number of aromatic nitrogens is 1. The summed E-state index contributed by atoms with van der Waals surface area (Å²) in [5, 5.41) is 6.07. The van der Waals surface area contributed by atoms with Gasteiger partial charge in [-0.2, -0.15) is 0 Å². The maximum atomic E-state index is 12.7. The first-order valence-electron chi connectivity index (χ1n) is 9.62. The number of nitrogens with zero attached hydrogens (tertiary/aromatic N) is 2. The molecule has 2 heterocycles. The smallest absolute Gasteiger partial charge is 0.268 e. The molecule has 0 bridgehead atoms. The number of nitrogens with one attached hydrogen (secondary N) is 2. The molecule has 1 aromatic heterocycles. The van der Waals surface area contributed by atoms with Gasteiger partial charge in [0.2, 0.25) is 5.91 Å². The molecule has 1 saturated carbocycles. The first kappa shape index (κ1) is 18.7. The van der Waals surface area contributed by atoms with Crippen molar-refractivity contribution in [1.82, 2.24) is 20.1 Å². The van der Waals surface area contributed by atoms with Gasteiger partial charge in [-0.1, -0.05) is 11.6 Å². The van der Waals surface area contributed by atoms with Crippen molar-refractivity contribution >= 4 is 11.8 Å². The summed E-state index contributed by atoms with van der Waals surface area (Å²) in [5.41, 5.74) is 1.96. The van der Waals surface area contributed by atoms with Gasteiger partial charge in [0.15, 0.2) is 0 Å². The molecule has 0 aromatic carbocycles. The number of allylic oxidation sites excluding steroid dienone is 1. The first-order valence-corrected chi connectivity index (χ1v) is 9.62. The topological polar surface area (TPSA) is 66.4 Å². The molecule has 0 radical (unpaired) electrons. The third-order valence-corrected chi connectivity index (χ3v) is 5.08. The largest absolute Gasteiger partial charge is 0.355 e. The van der Waals surface area contributed by atoms with Crippen molar-refractivity contribution in [2.75, 3.05) is 19.6 Å². The van der Waals surface area contributed by atoms with Gasteiger partial charge in [-0.25, -0.2) is 0 Å². The van der Waals surface area contributed by atoms with Gasteiger partial charge in [0.25, 0.3) is 5.91 Å². The molecule has 0 spiro atoms. The molecular weight excluding hydrogens is 328 g/mol. The lowest BCUT2D eigenvalue weighted by molar-refractivity contribution is -0.125. The Kier molecular flexibility index (Phi) is 5.81. The zero-order valence-corrected chi connectivity index (χ0v) is 16.0. The van der Waals surface area contributed by atoms with Crippen molar-refractivity contribution in [2.24, 2.45) is 0 Å². The molecule has 2 atom stereocenters. The lowest BCUT2D eigenvalue weighted by atomic mass is 10.1. The molecule has 2 N–H and O–H groups in total. The molecule has 2 aliphatic rings. The molecule has 1 saturated heterocycles. The summed E-state index contributed by atoms with van der Waals surface area (Å²) in [7, 11) is 0. The zero-order chi connectivity index (χ0) is 18.7. The van der Waals surface area contributed by atoms with Gasteiger partial charge in [0, 0.05) is 37.9 Å². The van der Waals surface area contributed by atoms with Gasteiger partial charge in [-0.05, 0) is 52.2 Å². The van der Waals surface area contributed by atoms with Gasteiger partial charge < -0.3 is 15.2 Å². The van der Waals surface area contributed by atoms with Crippen molar-refractivity contribution in [3.63, 3.8) is 0 Å². The van der Waals surface area contributed by atoms with E-state index in [-0.39, 0.29) is 23.9 Å². The summed E-state index contributed by atoms with van der Waals surface area (Å²) in [6.07, 6.45) is 7.06. The van der Waals surface area contributed by atoms with Crippen LogP contribution in [0.4, 0.5) is 0 Å². The van der Waals surface area contributed by atoms with E-state index in [2.05, 4.69) is 40.0 Å². The van der Waals surface area contributed by atoms with E-state index >= 15 is 0 Å². The minimum Gasteiger partial charge on any atom is -0.355 e. The van der Waals surface area contributed by atoms with Crippen molar-refractivity contribution in [2.45, 2.75) is 58.2 Å². The second kappa shape index (κ2) is 8.08. The van der Waals surface area contributed by atoms with Crippen LogP contribution in [0.1, 0.15) is 56.6 Å². The quantitative estimate of drug-likeness (QED) is 0.734. The monoisotopic (exact) mass is 358 g/mol. The molecule has 26 heavy (non-hydrogen) atoms. The summed E-state index contributed by atoms with van der Waals surface area (Å²) in [6.45, 7) is 8.09. The minimum absolute atomic E-state index is 0.0109. The third-order valence-electron chi connectivity index (χ3n) is 5.08. The van der Waals surface area contributed by atoms with Crippen LogP contribution >= 0.6 is 0 Å². The zero-order valence-electron chi connectivity index (χ0n) is 16.0. The fraction of sp³-hybridized carbons (Fsp3) is 0.600. The lowest BCUT2D eigenvalue weighted by Crippen LogP contribution is -2.43. The Morgan fingerprint density at radius 1 is 1.31 bits per heavy atom. The van der Waals surface area contributed by atoms with Gasteiger partial charge in [-0.15, -0.1) is 0 Å². The van der Waals surface area contributed by atoms with E-state index in [0.717, 1.165) is 25.1 Å². The number of hydrogen-bond acceptors (Lipinski definition) is 3. The van der Waals surface area contributed by atoms with E-state index in [1.807, 2.05) is 25.3 Å². The van der Waals surface area contributed by atoms with Gasteiger partial charge in [0.1, 0.15) is 5.69 Å². The van der Waals surface area contributed by atoms with Crippen LogP contribution in [0, 0.1) is 0 Å². The summed E-state index contributed by atoms with van der Waals surface area (Å²) < 4.78 is 2.08. The third kappa shape index (κ3) is 4.36. The minimum atomic E-state index is -0.189. The Hall–Kier alpha value is -2.08. The second-order valence-corrected chi connectivity index (χ2v) is 7.58. The van der Waals surface area contributed by atoms with Crippen LogP contribution < -0.4 is 10.6 Å². The molecular formula is C20H30N4O2. The predicted octanol–water partition coefficient (Wildman–Crippen LogP) is 2.10. The summed E-state index contributed by atoms with van der Waals surface area (Å²) in [6, 6.07) is 4.09. The molecule has 3 rings (SSSR count). The van der Waals surface area contributed by atoms with Gasteiger partial charge >= 0.3 is 0 Å². The average Bonchev–Trinajstić information content (AvgIpc) is 3.17.